The highest BCUT2D eigenvalue weighted by Crippen LogP contribution is 2.68. The van der Waals surface area contributed by atoms with Gasteiger partial charge in [0.25, 0.3) is 0 Å². The third-order valence-corrected chi connectivity index (χ3v) is 17.1. The van der Waals surface area contributed by atoms with Crippen LogP contribution >= 0.6 is 23.2 Å². The first-order valence-corrected chi connectivity index (χ1v) is 32.6. The lowest BCUT2D eigenvalue weighted by molar-refractivity contribution is -0.197. The maximum Gasteiger partial charge on any atom is 0.408 e. The van der Waals surface area contributed by atoms with Crippen LogP contribution < -0.4 is 32.3 Å². The Balaban J connectivity index is 0.000000168. The van der Waals surface area contributed by atoms with Crippen LogP contribution in [0, 0.1) is 10.8 Å². The summed E-state index contributed by atoms with van der Waals surface area (Å²) in [5, 5.41) is 27.2. The minimum Gasteiger partial charge on any atom is -0.481 e. The average Bonchev–Trinajstić information content (AvgIpc) is 1.29. The molecule has 500 valence electrons. The van der Waals surface area contributed by atoms with Crippen molar-refractivity contribution in [2.24, 2.45) is 10.8 Å². The lowest BCUT2D eigenvalue weighted by Crippen LogP contribution is -2.77. The number of hydrogen-bond donors (Lipinski definition) is 7. The SMILES string of the molecule is CC(C)(C)OC(=O)NC12CC(C(=O)Nc3cccc(Nc4ncc(Cl)c(-c5cn(-c6ccccc6)c6ccccc56)n4)c3)(C1)C2.CC(C)(C)OC(=O)NC12CC(C(=O)O)(C1)C2.Nc1cccc(Nc2ncc(Cl)c(-c3cn(-c4ccccc4)c4ccccc34)n2)c1.O=S=O.O=S=O. The van der Waals surface area contributed by atoms with Crippen molar-refractivity contribution in [3.63, 3.8) is 0 Å². The molecule has 6 saturated carbocycles. The number of carboxylic acid groups (broad SMARTS) is 1. The Morgan fingerprint density at radius 2 is 0.907 bits per heavy atom. The summed E-state index contributed by atoms with van der Waals surface area (Å²) < 4.78 is 48.0. The van der Waals surface area contributed by atoms with Gasteiger partial charge in [0.2, 0.25) is 17.8 Å². The van der Waals surface area contributed by atoms with E-state index in [1.165, 1.54) is 0 Å². The van der Waals surface area contributed by atoms with E-state index in [1.807, 2.05) is 136 Å². The van der Waals surface area contributed by atoms with Crippen molar-refractivity contribution in [3.8, 4) is 33.9 Å². The van der Waals surface area contributed by atoms with Gasteiger partial charge in [-0.25, -0.2) is 29.5 Å². The number of benzene rings is 6. The Kier molecular flexibility index (Phi) is 20.4. The maximum absolute atomic E-state index is 13.2. The first-order chi connectivity index (χ1) is 46.2. The van der Waals surface area contributed by atoms with Gasteiger partial charge < -0.3 is 56.0 Å². The fourth-order valence-corrected chi connectivity index (χ4v) is 13.1. The summed E-state index contributed by atoms with van der Waals surface area (Å²) >= 11 is 11.7. The van der Waals surface area contributed by atoms with Gasteiger partial charge in [-0.1, -0.05) is 108 Å². The number of nitrogen functional groups attached to an aromatic ring is 1. The molecule has 0 spiro atoms. The molecular weight excluding hydrogens is 1320 g/mol. The number of nitrogens with one attached hydrogen (secondary N) is 5. The van der Waals surface area contributed by atoms with E-state index < -0.39 is 63.3 Å². The predicted octanol–water partition coefficient (Wildman–Crippen LogP) is 14.1. The average molecular weight is 1390 g/mol. The summed E-state index contributed by atoms with van der Waals surface area (Å²) in [5.41, 5.74) is 13.3. The number of carboxylic acids is 1. The quantitative estimate of drug-likeness (QED) is 0.0527. The van der Waals surface area contributed by atoms with Crippen molar-refractivity contribution in [1.29, 1.82) is 0 Å². The number of hydrogen-bond acceptors (Lipinski definition) is 17. The van der Waals surface area contributed by atoms with Crippen molar-refractivity contribution < 1.29 is 50.6 Å². The third-order valence-electron chi connectivity index (χ3n) is 16.5. The topological polar surface area (TPSA) is 323 Å². The summed E-state index contributed by atoms with van der Waals surface area (Å²) in [6, 6.07) is 51.6. The summed E-state index contributed by atoms with van der Waals surface area (Å²) in [6.07, 6.45) is 9.85. The van der Waals surface area contributed by atoms with Crippen LogP contribution in [0.4, 0.5) is 44.2 Å². The van der Waals surface area contributed by atoms with Gasteiger partial charge in [-0.15, -0.1) is 0 Å². The highest BCUT2D eigenvalue weighted by atomic mass is 35.5. The van der Waals surface area contributed by atoms with Gasteiger partial charge in [-0.2, -0.15) is 16.8 Å². The molecule has 0 saturated heterocycles. The van der Waals surface area contributed by atoms with E-state index in [0.29, 0.717) is 88.9 Å². The van der Waals surface area contributed by atoms with E-state index >= 15 is 0 Å². The monoisotopic (exact) mass is 1390 g/mol. The molecule has 6 aliphatic carbocycles. The molecule has 23 nitrogen and oxygen atoms in total. The fourth-order valence-electron chi connectivity index (χ4n) is 12.7. The molecule has 4 heterocycles. The van der Waals surface area contributed by atoms with Gasteiger partial charge in [0, 0.05) is 79.5 Å². The Morgan fingerprint density at radius 1 is 0.526 bits per heavy atom. The highest BCUT2D eigenvalue weighted by Gasteiger charge is 2.73. The molecule has 10 aromatic rings. The molecule has 27 heteroatoms. The number of carbonyl (C=O) groups is 4. The van der Waals surface area contributed by atoms with E-state index in [9.17, 15) is 19.2 Å². The van der Waals surface area contributed by atoms with Crippen molar-refractivity contribution >= 4 is 127 Å². The van der Waals surface area contributed by atoms with Gasteiger partial charge in [0.15, 0.2) is 0 Å². The molecule has 6 aromatic carbocycles. The van der Waals surface area contributed by atoms with Gasteiger partial charge in [-0.05, 0) is 153 Å². The molecule has 3 amide bonds. The smallest absolute Gasteiger partial charge is 0.408 e. The molecule has 8 N–H and O–H groups in total. The highest BCUT2D eigenvalue weighted by molar-refractivity contribution is 7.52. The van der Waals surface area contributed by atoms with E-state index in [2.05, 4.69) is 100 Å². The summed E-state index contributed by atoms with van der Waals surface area (Å²) in [6.45, 7) is 10.9. The number of alkyl carbamates (subject to hydrolysis) is 2. The van der Waals surface area contributed by atoms with Crippen LogP contribution in [0.5, 0.6) is 0 Å². The molecule has 0 aliphatic heterocycles. The van der Waals surface area contributed by atoms with Crippen molar-refractivity contribution in [1.82, 2.24) is 39.7 Å². The number of ether oxygens (including phenoxy) is 2. The molecule has 4 bridgehead atoms. The van der Waals surface area contributed by atoms with Crippen LogP contribution in [0.2, 0.25) is 10.0 Å². The number of halogens is 2. The second-order valence-electron chi connectivity index (χ2n) is 26.1. The minimum absolute atomic E-state index is 0.0488. The lowest BCUT2D eigenvalue weighted by Gasteiger charge is -2.68. The number of fused-ring (bicyclic) bond motifs is 2. The first-order valence-electron chi connectivity index (χ1n) is 30.5. The van der Waals surface area contributed by atoms with E-state index in [-0.39, 0.29) is 17.0 Å². The Hall–Kier alpha value is -10.3. The normalized spacial score (nSPS) is 18.8. The second kappa shape index (κ2) is 28.5. The number of carbonyl (C=O) groups excluding carboxylic acids is 3. The molecule has 6 aliphatic rings. The largest absolute Gasteiger partial charge is 0.481 e. The maximum atomic E-state index is 13.2. The van der Waals surface area contributed by atoms with Crippen molar-refractivity contribution in [2.75, 3.05) is 21.7 Å². The van der Waals surface area contributed by atoms with Gasteiger partial charge >= 0.3 is 41.3 Å². The number of aliphatic carboxylic acids is 1. The molecule has 97 heavy (non-hydrogen) atoms. The molecule has 4 aromatic heterocycles. The number of amides is 3. The van der Waals surface area contributed by atoms with E-state index in [4.69, 9.17) is 70.3 Å². The second-order valence-corrected chi connectivity index (χ2v) is 27.2. The van der Waals surface area contributed by atoms with E-state index in [1.54, 1.807) is 33.2 Å². The molecule has 0 atom stereocenters. The zero-order valence-corrected chi connectivity index (χ0v) is 56.6. The standard InChI is InChI=1S/C35H33ClN6O3.C24H18ClN5.C11H17NO4.2O2S/c1-33(2,3)45-32(44)41-35-19-34(20-35,21-35)30(43)38-22-10-9-11-23(16-22)39-31-37-17-27(36)29(40-31)26-18-42(24-12-5-4-6-13-24)28-15-8-7-14-25(26)28;25-21-14-27-24(28-17-8-6-7-16(26)13-17)29-23(21)20-15-30(18-9-2-1-3-10-18)22-12-5-4-11-19(20)22;1-9(2,3)16-8(15)12-11-4-10(5-11,6-11)7(13)14;2*1-3-2/h4-18H,19-21H2,1-3H3,(H,38,43)(H,41,44)(H,37,39,40);1-15H,26H2,(H,27,28,29);4-6H2,1-3H3,(H,12,15)(H,13,14);;. The number of anilines is 6. The molecule has 0 unspecified atom stereocenters. The van der Waals surface area contributed by atoms with Crippen molar-refractivity contribution in [2.45, 2.75) is 102 Å². The zero-order valence-electron chi connectivity index (χ0n) is 53.4. The van der Waals surface area contributed by atoms with Gasteiger partial charge in [-0.3, -0.25) is 9.59 Å². The van der Waals surface area contributed by atoms with Crippen LogP contribution in [-0.2, 0) is 42.2 Å². The number of nitrogens with two attached hydrogens (primary N) is 1. The third kappa shape index (κ3) is 16.0. The molecular formula is C70H68Cl2N12O11S2. The molecule has 0 radical (unpaired) electrons. The predicted molar refractivity (Wildman–Crippen MR) is 373 cm³/mol. The number of rotatable bonds is 13. The summed E-state index contributed by atoms with van der Waals surface area (Å²) in [4.78, 5) is 66.1. The van der Waals surface area contributed by atoms with Crippen molar-refractivity contribution in [3.05, 3.63) is 193 Å². The lowest BCUT2D eigenvalue weighted by atomic mass is 9.39. The van der Waals surface area contributed by atoms with Gasteiger partial charge in [0.05, 0.1) is 55.7 Å². The number of para-hydroxylation sites is 4. The summed E-state index contributed by atoms with van der Waals surface area (Å²) in [5.74, 6) is 0.0354. The van der Waals surface area contributed by atoms with Crippen LogP contribution in [-0.4, -0.2) is 97.4 Å². The first kappa shape index (κ1) is 69.5. The minimum atomic E-state index is -0.750. The Bertz CT molecular complexity index is 4630. The van der Waals surface area contributed by atoms with E-state index in [0.717, 1.165) is 50.0 Å². The van der Waals surface area contributed by atoms with Crippen LogP contribution in [0.3, 0.4) is 0 Å². The van der Waals surface area contributed by atoms with Crippen LogP contribution in [0.1, 0.15) is 80.1 Å². The van der Waals surface area contributed by atoms with Gasteiger partial charge in [0.1, 0.15) is 11.2 Å². The molecule has 6 fully saturated rings. The zero-order chi connectivity index (χ0) is 69.5. The Morgan fingerprint density at radius 3 is 1.32 bits per heavy atom. The van der Waals surface area contributed by atoms with Crippen LogP contribution in [0.15, 0.2) is 183 Å². The molecule has 16 rings (SSSR count). The fraction of sp³-hybridized carbons (Fsp3) is 0.257. The summed E-state index contributed by atoms with van der Waals surface area (Å²) in [7, 11) is 0. The number of aromatic nitrogens is 6. The Labute approximate surface area is 575 Å². The number of nitrogens with zero attached hydrogens (tertiary/aromatic N) is 6. The van der Waals surface area contributed by atoms with Crippen LogP contribution in [0.25, 0.3) is 55.7 Å².